The smallest absolute Gasteiger partial charge is 0.222 e. The van der Waals surface area contributed by atoms with Gasteiger partial charge in [0.1, 0.15) is 5.82 Å². The minimum Gasteiger partial charge on any atom is -0.343 e. The zero-order chi connectivity index (χ0) is 17.6. The number of piperidine rings is 1. The van der Waals surface area contributed by atoms with E-state index in [-0.39, 0.29) is 0 Å². The molecule has 1 aromatic heterocycles. The van der Waals surface area contributed by atoms with Gasteiger partial charge in [0.05, 0.1) is 5.69 Å². The Morgan fingerprint density at radius 2 is 2.08 bits per heavy atom. The quantitative estimate of drug-likeness (QED) is 0.825. The number of hydrogen-bond donors (Lipinski definition) is 2. The van der Waals surface area contributed by atoms with Gasteiger partial charge in [0.25, 0.3) is 0 Å². The summed E-state index contributed by atoms with van der Waals surface area (Å²) in [6.45, 7) is 6.91. The van der Waals surface area contributed by atoms with Crippen LogP contribution in [-0.2, 0) is 11.2 Å². The number of nitrogens with one attached hydrogen (secondary N) is 2. The minimum absolute atomic E-state index is 0.315. The van der Waals surface area contributed by atoms with E-state index in [0.717, 1.165) is 63.3 Å². The number of hydrogen-bond acceptors (Lipinski definition) is 5. The van der Waals surface area contributed by atoms with Crippen LogP contribution in [0.4, 0.5) is 0 Å². The number of rotatable bonds is 6. The fraction of sp³-hybridized carbons (Fsp3) is 0.737. The van der Waals surface area contributed by atoms with E-state index in [2.05, 4.69) is 35.7 Å². The molecule has 6 nitrogen and oxygen atoms in total. The fourth-order valence-corrected chi connectivity index (χ4v) is 4.09. The van der Waals surface area contributed by atoms with Gasteiger partial charge in [0, 0.05) is 50.6 Å². The molecule has 2 unspecified atom stereocenters. The molecule has 1 aromatic rings. The Balaban J connectivity index is 1.63. The molecule has 3 rings (SSSR count). The third kappa shape index (κ3) is 4.36. The predicted molar refractivity (Wildman–Crippen MR) is 97.9 cm³/mol. The highest BCUT2D eigenvalue weighted by Gasteiger charge is 2.37. The molecule has 3 heterocycles. The normalized spacial score (nSPS) is 24.6. The van der Waals surface area contributed by atoms with Crippen LogP contribution < -0.4 is 10.9 Å². The fourth-order valence-electron chi connectivity index (χ4n) is 4.09. The van der Waals surface area contributed by atoms with E-state index in [1.54, 1.807) is 0 Å². The van der Waals surface area contributed by atoms with E-state index in [0.29, 0.717) is 30.2 Å². The molecule has 0 aromatic carbocycles. The van der Waals surface area contributed by atoms with Gasteiger partial charge >= 0.3 is 0 Å². The van der Waals surface area contributed by atoms with E-state index in [1.165, 1.54) is 0 Å². The molecule has 2 atom stereocenters. The zero-order valence-corrected chi connectivity index (χ0v) is 15.5. The van der Waals surface area contributed by atoms with Gasteiger partial charge in [-0.1, -0.05) is 13.8 Å². The van der Waals surface area contributed by atoms with Crippen molar-refractivity contribution in [3.05, 3.63) is 23.8 Å². The number of hydrazine groups is 1. The number of nitrogens with zero attached hydrogens (tertiary/aromatic N) is 3. The lowest BCUT2D eigenvalue weighted by Gasteiger charge is -2.36. The van der Waals surface area contributed by atoms with Crippen LogP contribution in [-0.4, -0.2) is 46.5 Å². The maximum absolute atomic E-state index is 12.1. The molecule has 0 spiro atoms. The highest BCUT2D eigenvalue weighted by molar-refractivity contribution is 5.76. The number of aromatic nitrogens is 2. The van der Waals surface area contributed by atoms with Crippen molar-refractivity contribution in [1.82, 2.24) is 25.7 Å². The third-order valence-corrected chi connectivity index (χ3v) is 5.47. The van der Waals surface area contributed by atoms with Crippen molar-refractivity contribution < 1.29 is 4.79 Å². The monoisotopic (exact) mass is 345 g/mol. The molecule has 6 heteroatoms. The topological polar surface area (TPSA) is 70.2 Å². The Morgan fingerprint density at radius 3 is 2.80 bits per heavy atom. The van der Waals surface area contributed by atoms with Crippen molar-refractivity contribution in [3.8, 4) is 0 Å². The summed E-state index contributed by atoms with van der Waals surface area (Å²) in [6, 6.07) is 2.44. The summed E-state index contributed by atoms with van der Waals surface area (Å²) in [5.41, 5.74) is 7.96. The lowest BCUT2D eigenvalue weighted by atomic mass is 9.82. The molecule has 2 N–H and O–H groups in total. The lowest BCUT2D eigenvalue weighted by Crippen LogP contribution is -2.45. The number of carbonyl (C=O) groups excluding carboxylic acids is 1. The first-order chi connectivity index (χ1) is 12.2. The van der Waals surface area contributed by atoms with E-state index in [1.807, 2.05) is 11.1 Å². The largest absolute Gasteiger partial charge is 0.343 e. The van der Waals surface area contributed by atoms with Crippen LogP contribution in [0, 0.1) is 5.92 Å². The SMILES string of the molecule is CCCC(=O)N1CCC(C2NNCC2c2ccnc(CCC)n2)CC1. The minimum atomic E-state index is 0.315. The average molecular weight is 345 g/mol. The lowest BCUT2D eigenvalue weighted by molar-refractivity contribution is -0.132. The second kappa shape index (κ2) is 8.72. The first-order valence-electron chi connectivity index (χ1n) is 9.80. The van der Waals surface area contributed by atoms with Crippen molar-refractivity contribution in [3.63, 3.8) is 0 Å². The summed E-state index contributed by atoms with van der Waals surface area (Å²) < 4.78 is 0. The maximum Gasteiger partial charge on any atom is 0.222 e. The average Bonchev–Trinajstić information content (AvgIpc) is 3.12. The summed E-state index contributed by atoms with van der Waals surface area (Å²) in [5, 5.41) is 0. The first-order valence-corrected chi connectivity index (χ1v) is 9.80. The second-order valence-electron chi connectivity index (χ2n) is 7.27. The van der Waals surface area contributed by atoms with Crippen LogP contribution in [0.3, 0.4) is 0 Å². The molecular weight excluding hydrogens is 314 g/mol. The summed E-state index contributed by atoms with van der Waals surface area (Å²) in [7, 11) is 0. The first kappa shape index (κ1) is 18.3. The zero-order valence-electron chi connectivity index (χ0n) is 15.5. The molecular formula is C19H31N5O. The van der Waals surface area contributed by atoms with Crippen molar-refractivity contribution in [2.45, 2.75) is 64.3 Å². The van der Waals surface area contributed by atoms with Crippen LogP contribution in [0.15, 0.2) is 12.3 Å². The molecule has 0 bridgehead atoms. The summed E-state index contributed by atoms with van der Waals surface area (Å²) in [4.78, 5) is 23.3. The molecule has 2 saturated heterocycles. The predicted octanol–water partition coefficient (Wildman–Crippen LogP) is 2.03. The highest BCUT2D eigenvalue weighted by Crippen LogP contribution is 2.31. The molecule has 138 valence electrons. The van der Waals surface area contributed by atoms with Gasteiger partial charge in [-0.2, -0.15) is 0 Å². The van der Waals surface area contributed by atoms with E-state index < -0.39 is 0 Å². The van der Waals surface area contributed by atoms with Gasteiger partial charge in [-0.15, -0.1) is 0 Å². The summed E-state index contributed by atoms with van der Waals surface area (Å²) >= 11 is 0. The van der Waals surface area contributed by atoms with Crippen molar-refractivity contribution in [1.29, 1.82) is 0 Å². The van der Waals surface area contributed by atoms with Gasteiger partial charge < -0.3 is 4.90 Å². The van der Waals surface area contributed by atoms with E-state index in [9.17, 15) is 4.79 Å². The Morgan fingerprint density at radius 1 is 1.28 bits per heavy atom. The van der Waals surface area contributed by atoms with Gasteiger partial charge in [-0.3, -0.25) is 15.6 Å². The third-order valence-electron chi connectivity index (χ3n) is 5.47. The maximum atomic E-state index is 12.1. The van der Waals surface area contributed by atoms with Crippen molar-refractivity contribution in [2.75, 3.05) is 19.6 Å². The number of likely N-dealkylation sites (tertiary alicyclic amines) is 1. The molecule has 2 aliphatic rings. The molecule has 1 amide bonds. The summed E-state index contributed by atoms with van der Waals surface area (Å²) in [5.74, 6) is 2.22. The van der Waals surface area contributed by atoms with Gasteiger partial charge in [0.2, 0.25) is 5.91 Å². The Hall–Kier alpha value is -1.53. The van der Waals surface area contributed by atoms with Crippen LogP contribution in [0.5, 0.6) is 0 Å². The summed E-state index contributed by atoms with van der Waals surface area (Å²) in [6.07, 6.45) is 7.65. The van der Waals surface area contributed by atoms with Gasteiger partial charge in [0.15, 0.2) is 0 Å². The van der Waals surface area contributed by atoms with Crippen LogP contribution in [0.25, 0.3) is 0 Å². The Bertz CT molecular complexity index is 571. The molecule has 0 aliphatic carbocycles. The molecule has 0 radical (unpaired) electrons. The number of amides is 1. The van der Waals surface area contributed by atoms with Crippen LogP contribution in [0.1, 0.15) is 63.4 Å². The standard InChI is InChI=1S/C19H31N5O/c1-3-5-17-20-10-7-16(22-17)15-13-21-23-19(15)14-8-11-24(12-9-14)18(25)6-4-2/h7,10,14-15,19,21,23H,3-6,8-9,11-13H2,1-2H3. The molecule has 0 saturated carbocycles. The molecule has 2 aliphatic heterocycles. The van der Waals surface area contributed by atoms with Crippen molar-refractivity contribution >= 4 is 5.91 Å². The highest BCUT2D eigenvalue weighted by atomic mass is 16.2. The number of aryl methyl sites for hydroxylation is 1. The Labute approximate surface area is 150 Å². The van der Waals surface area contributed by atoms with Crippen LogP contribution >= 0.6 is 0 Å². The van der Waals surface area contributed by atoms with Crippen molar-refractivity contribution in [2.24, 2.45) is 5.92 Å². The van der Waals surface area contributed by atoms with Gasteiger partial charge in [-0.25, -0.2) is 9.97 Å². The molecule has 25 heavy (non-hydrogen) atoms. The van der Waals surface area contributed by atoms with E-state index >= 15 is 0 Å². The van der Waals surface area contributed by atoms with E-state index in [4.69, 9.17) is 4.98 Å². The molecule has 2 fully saturated rings. The Kier molecular flexibility index (Phi) is 6.37. The van der Waals surface area contributed by atoms with Gasteiger partial charge in [-0.05, 0) is 37.7 Å². The number of carbonyl (C=O) groups is 1. The van der Waals surface area contributed by atoms with Crippen LogP contribution in [0.2, 0.25) is 0 Å². The second-order valence-corrected chi connectivity index (χ2v) is 7.27.